The highest BCUT2D eigenvalue weighted by atomic mass is 16.3. The molecule has 1 rings (SSSR count). The van der Waals surface area contributed by atoms with Gasteiger partial charge in [0.25, 0.3) is 0 Å². The molecule has 1 N–H and O–H groups in total. The zero-order valence-corrected chi connectivity index (χ0v) is 7.03. The molecule has 11 heavy (non-hydrogen) atoms. The van der Waals surface area contributed by atoms with Crippen LogP contribution in [-0.2, 0) is 0 Å². The summed E-state index contributed by atoms with van der Waals surface area (Å²) in [5.74, 6) is 0. The largest absolute Gasteiger partial charge is 0.394 e. The maximum Gasteiger partial charge on any atom is 0.0702 e. The van der Waals surface area contributed by atoms with Crippen molar-refractivity contribution in [1.29, 1.82) is 0 Å². The molecule has 0 radical (unpaired) electrons. The Morgan fingerprint density at radius 1 is 1.73 bits per heavy atom. The first-order chi connectivity index (χ1) is 5.38. The molecule has 0 aliphatic carbocycles. The lowest BCUT2D eigenvalue weighted by molar-refractivity contribution is 0.163. The summed E-state index contributed by atoms with van der Waals surface area (Å²) in [7, 11) is 0. The highest BCUT2D eigenvalue weighted by Gasteiger charge is 2.21. The lowest BCUT2D eigenvalue weighted by atomic mass is 10.2. The number of hydrogen-bond donors (Lipinski definition) is 1. The summed E-state index contributed by atoms with van der Waals surface area (Å²) >= 11 is 0. The number of aliphatic hydroxyl groups excluding tert-OH is 1. The van der Waals surface area contributed by atoms with Crippen LogP contribution in [0.5, 0.6) is 0 Å². The lowest BCUT2D eigenvalue weighted by Gasteiger charge is -2.18. The van der Waals surface area contributed by atoms with Gasteiger partial charge in [-0.3, -0.25) is 5.01 Å². The number of rotatable bonds is 3. The fourth-order valence-corrected chi connectivity index (χ4v) is 1.34. The SMILES string of the molecule is CC/C=N/N1CCC[C@H]1CO. The first kappa shape index (κ1) is 8.53. The van der Waals surface area contributed by atoms with Crippen LogP contribution in [0.3, 0.4) is 0 Å². The molecule has 1 aliphatic heterocycles. The molecule has 1 atom stereocenters. The minimum atomic E-state index is 0.237. The van der Waals surface area contributed by atoms with Crippen molar-refractivity contribution in [3.8, 4) is 0 Å². The zero-order valence-electron chi connectivity index (χ0n) is 7.03. The predicted octanol–water partition coefficient (Wildman–Crippen LogP) is 0.839. The van der Waals surface area contributed by atoms with Crippen molar-refractivity contribution in [1.82, 2.24) is 5.01 Å². The molecule has 0 aromatic rings. The molecule has 0 amide bonds. The van der Waals surface area contributed by atoms with Crippen molar-refractivity contribution in [2.45, 2.75) is 32.2 Å². The number of hydrogen-bond acceptors (Lipinski definition) is 3. The maximum absolute atomic E-state index is 8.92. The number of nitrogens with zero attached hydrogens (tertiary/aromatic N) is 2. The van der Waals surface area contributed by atoms with Gasteiger partial charge in [0, 0.05) is 12.8 Å². The van der Waals surface area contributed by atoms with Crippen LogP contribution < -0.4 is 0 Å². The topological polar surface area (TPSA) is 35.8 Å². The lowest BCUT2D eigenvalue weighted by Crippen LogP contribution is -2.27. The van der Waals surface area contributed by atoms with E-state index in [0.717, 1.165) is 25.8 Å². The van der Waals surface area contributed by atoms with Gasteiger partial charge in [-0.1, -0.05) is 6.92 Å². The maximum atomic E-state index is 8.92. The summed E-state index contributed by atoms with van der Waals surface area (Å²) in [6.07, 6.45) is 5.10. The molecule has 64 valence electrons. The van der Waals surface area contributed by atoms with E-state index in [0.29, 0.717) is 0 Å². The van der Waals surface area contributed by atoms with E-state index < -0.39 is 0 Å². The van der Waals surface area contributed by atoms with E-state index in [9.17, 15) is 0 Å². The van der Waals surface area contributed by atoms with Crippen molar-refractivity contribution in [3.63, 3.8) is 0 Å². The standard InChI is InChI=1S/C8H16N2O/c1-2-5-9-10-6-3-4-8(10)7-11/h5,8,11H,2-4,6-7H2,1H3/b9-5+/t8-/m0/s1. The van der Waals surface area contributed by atoms with Gasteiger partial charge in [0.05, 0.1) is 12.6 Å². The minimum Gasteiger partial charge on any atom is -0.394 e. The van der Waals surface area contributed by atoms with Gasteiger partial charge in [-0.15, -0.1) is 0 Å². The molecule has 0 spiro atoms. The molecular formula is C8H16N2O. The number of hydrazone groups is 1. The van der Waals surface area contributed by atoms with Crippen LogP contribution in [0.1, 0.15) is 26.2 Å². The fourth-order valence-electron chi connectivity index (χ4n) is 1.34. The van der Waals surface area contributed by atoms with E-state index in [2.05, 4.69) is 12.0 Å². The average molecular weight is 156 g/mol. The first-order valence-electron chi connectivity index (χ1n) is 4.28. The van der Waals surface area contributed by atoms with Gasteiger partial charge in [-0.25, -0.2) is 0 Å². The summed E-state index contributed by atoms with van der Waals surface area (Å²) < 4.78 is 0. The van der Waals surface area contributed by atoms with Crippen LogP contribution in [0.15, 0.2) is 5.10 Å². The van der Waals surface area contributed by atoms with E-state index in [1.165, 1.54) is 0 Å². The van der Waals surface area contributed by atoms with Gasteiger partial charge in [0.2, 0.25) is 0 Å². The van der Waals surface area contributed by atoms with Gasteiger partial charge in [-0.05, 0) is 19.3 Å². The van der Waals surface area contributed by atoms with E-state index >= 15 is 0 Å². The summed E-state index contributed by atoms with van der Waals surface area (Å²) in [4.78, 5) is 0. The third kappa shape index (κ3) is 2.19. The van der Waals surface area contributed by atoms with Gasteiger partial charge in [-0.2, -0.15) is 5.10 Å². The van der Waals surface area contributed by atoms with Crippen LogP contribution in [0.2, 0.25) is 0 Å². The van der Waals surface area contributed by atoms with Gasteiger partial charge in [0.15, 0.2) is 0 Å². The Bertz CT molecular complexity index is 136. The Labute approximate surface area is 67.7 Å². The molecule has 1 saturated heterocycles. The van der Waals surface area contributed by atoms with Crippen LogP contribution in [0.25, 0.3) is 0 Å². The molecule has 0 unspecified atom stereocenters. The van der Waals surface area contributed by atoms with Crippen LogP contribution >= 0.6 is 0 Å². The summed E-state index contributed by atoms with van der Waals surface area (Å²) in [5, 5.41) is 15.2. The Morgan fingerprint density at radius 2 is 2.55 bits per heavy atom. The molecule has 0 saturated carbocycles. The molecular weight excluding hydrogens is 140 g/mol. The molecule has 1 heterocycles. The second-order valence-corrected chi connectivity index (χ2v) is 2.85. The van der Waals surface area contributed by atoms with Crippen LogP contribution in [-0.4, -0.2) is 35.5 Å². The monoisotopic (exact) mass is 156 g/mol. The second kappa shape index (κ2) is 4.34. The van der Waals surface area contributed by atoms with E-state index in [1.807, 2.05) is 11.2 Å². The first-order valence-corrected chi connectivity index (χ1v) is 4.28. The quantitative estimate of drug-likeness (QED) is 0.615. The summed E-state index contributed by atoms with van der Waals surface area (Å²) in [6.45, 7) is 3.30. The van der Waals surface area contributed by atoms with Crippen molar-refractivity contribution in [3.05, 3.63) is 0 Å². The van der Waals surface area contributed by atoms with Crippen molar-refractivity contribution >= 4 is 6.21 Å². The Kier molecular flexibility index (Phi) is 3.36. The van der Waals surface area contributed by atoms with Crippen molar-refractivity contribution in [2.24, 2.45) is 5.10 Å². The van der Waals surface area contributed by atoms with E-state index in [1.54, 1.807) is 0 Å². The van der Waals surface area contributed by atoms with Gasteiger partial charge in [0.1, 0.15) is 0 Å². The average Bonchev–Trinajstić information content (AvgIpc) is 2.47. The number of aliphatic hydroxyl groups is 1. The molecule has 0 aromatic heterocycles. The van der Waals surface area contributed by atoms with Gasteiger partial charge < -0.3 is 5.11 Å². The van der Waals surface area contributed by atoms with Crippen molar-refractivity contribution in [2.75, 3.05) is 13.2 Å². The fraction of sp³-hybridized carbons (Fsp3) is 0.875. The molecule has 1 aliphatic rings. The van der Waals surface area contributed by atoms with Crippen LogP contribution in [0, 0.1) is 0 Å². The summed E-state index contributed by atoms with van der Waals surface area (Å²) in [6, 6.07) is 0.276. The smallest absolute Gasteiger partial charge is 0.0702 e. The van der Waals surface area contributed by atoms with E-state index in [4.69, 9.17) is 5.11 Å². The molecule has 3 heteroatoms. The third-order valence-corrected chi connectivity index (χ3v) is 1.97. The normalized spacial score (nSPS) is 25.3. The predicted molar refractivity (Wildman–Crippen MR) is 45.6 cm³/mol. The highest BCUT2D eigenvalue weighted by Crippen LogP contribution is 2.16. The third-order valence-electron chi connectivity index (χ3n) is 1.97. The van der Waals surface area contributed by atoms with Gasteiger partial charge >= 0.3 is 0 Å². The second-order valence-electron chi connectivity index (χ2n) is 2.85. The molecule has 3 nitrogen and oxygen atoms in total. The molecule has 1 fully saturated rings. The minimum absolute atomic E-state index is 0.237. The Balaban J connectivity index is 2.37. The zero-order chi connectivity index (χ0) is 8.10. The van der Waals surface area contributed by atoms with Crippen LogP contribution in [0.4, 0.5) is 0 Å². The Hall–Kier alpha value is -0.570. The van der Waals surface area contributed by atoms with Crippen molar-refractivity contribution < 1.29 is 5.11 Å². The summed E-state index contributed by atoms with van der Waals surface area (Å²) in [5.41, 5.74) is 0. The highest BCUT2D eigenvalue weighted by molar-refractivity contribution is 5.56. The van der Waals surface area contributed by atoms with E-state index in [-0.39, 0.29) is 12.6 Å². The molecule has 0 bridgehead atoms. The molecule has 0 aromatic carbocycles. The Morgan fingerprint density at radius 3 is 3.18 bits per heavy atom.